The van der Waals surface area contributed by atoms with Crippen molar-refractivity contribution in [3.63, 3.8) is 0 Å². The molecule has 0 aliphatic carbocycles. The maximum atomic E-state index is 3.46. The summed E-state index contributed by atoms with van der Waals surface area (Å²) in [5.74, 6) is 0. The van der Waals surface area contributed by atoms with Gasteiger partial charge in [-0.25, -0.2) is 0 Å². The van der Waals surface area contributed by atoms with E-state index in [1.165, 1.54) is 16.0 Å². The molecule has 0 saturated carbocycles. The zero-order valence-corrected chi connectivity index (χ0v) is 10.9. The number of halogens is 1. The van der Waals surface area contributed by atoms with Crippen molar-refractivity contribution in [2.75, 3.05) is 0 Å². The van der Waals surface area contributed by atoms with Gasteiger partial charge in [-0.3, -0.25) is 0 Å². The molecule has 0 saturated heterocycles. The molecule has 0 aliphatic rings. The lowest BCUT2D eigenvalue weighted by atomic mass is 10.1. The second-order valence-electron chi connectivity index (χ2n) is 3.61. The fourth-order valence-electron chi connectivity index (χ4n) is 1.54. The molecule has 0 fully saturated rings. The number of benzene rings is 1. The summed E-state index contributed by atoms with van der Waals surface area (Å²) in [5, 5.41) is 5.57. The molecule has 1 nitrogen and oxygen atoms in total. The van der Waals surface area contributed by atoms with Crippen molar-refractivity contribution in [3.05, 3.63) is 57.8 Å². The summed E-state index contributed by atoms with van der Waals surface area (Å²) < 4.78 is 0. The van der Waals surface area contributed by atoms with Gasteiger partial charge in [-0.15, -0.1) is 23.7 Å². The predicted molar refractivity (Wildman–Crippen MR) is 73.3 cm³/mol. The molecule has 1 aromatic heterocycles. The highest BCUT2D eigenvalue weighted by molar-refractivity contribution is 7.09. The van der Waals surface area contributed by atoms with Crippen LogP contribution in [0.1, 0.15) is 16.0 Å². The molecule has 0 aliphatic heterocycles. The number of thiophene rings is 1. The van der Waals surface area contributed by atoms with Gasteiger partial charge < -0.3 is 5.32 Å². The first-order valence-electron chi connectivity index (χ1n) is 5.14. The SMILES string of the molecule is Cc1ccccc1CNCc1cccs1.Cl. The van der Waals surface area contributed by atoms with Crippen LogP contribution < -0.4 is 5.32 Å². The molecule has 3 heteroatoms. The van der Waals surface area contributed by atoms with Gasteiger partial charge in [0.05, 0.1) is 0 Å². The highest BCUT2D eigenvalue weighted by atomic mass is 35.5. The lowest BCUT2D eigenvalue weighted by molar-refractivity contribution is 0.698. The first-order chi connectivity index (χ1) is 7.36. The Morgan fingerprint density at radius 2 is 1.88 bits per heavy atom. The van der Waals surface area contributed by atoms with Gasteiger partial charge in [0.15, 0.2) is 0 Å². The zero-order valence-electron chi connectivity index (χ0n) is 9.27. The Labute approximate surface area is 107 Å². The fraction of sp³-hybridized carbons (Fsp3) is 0.231. The molecular formula is C13H16ClNS. The maximum Gasteiger partial charge on any atom is 0.0302 e. The smallest absolute Gasteiger partial charge is 0.0302 e. The van der Waals surface area contributed by atoms with Crippen LogP contribution in [0.15, 0.2) is 41.8 Å². The van der Waals surface area contributed by atoms with E-state index in [1.54, 1.807) is 11.3 Å². The zero-order chi connectivity index (χ0) is 10.5. The Morgan fingerprint density at radius 3 is 2.56 bits per heavy atom. The highest BCUT2D eigenvalue weighted by Crippen LogP contribution is 2.09. The van der Waals surface area contributed by atoms with Gasteiger partial charge in [-0.05, 0) is 29.5 Å². The number of nitrogens with one attached hydrogen (secondary N) is 1. The second-order valence-corrected chi connectivity index (χ2v) is 4.64. The van der Waals surface area contributed by atoms with Gasteiger partial charge >= 0.3 is 0 Å². The highest BCUT2D eigenvalue weighted by Gasteiger charge is 1.97. The van der Waals surface area contributed by atoms with Crippen LogP contribution in [0.5, 0.6) is 0 Å². The third kappa shape index (κ3) is 3.63. The van der Waals surface area contributed by atoms with E-state index < -0.39 is 0 Å². The van der Waals surface area contributed by atoms with Crippen LogP contribution in [0.25, 0.3) is 0 Å². The third-order valence-electron chi connectivity index (χ3n) is 2.46. The molecule has 16 heavy (non-hydrogen) atoms. The number of aryl methyl sites for hydroxylation is 1. The van der Waals surface area contributed by atoms with E-state index in [1.807, 2.05) is 0 Å². The molecule has 0 amide bonds. The van der Waals surface area contributed by atoms with E-state index in [4.69, 9.17) is 0 Å². The van der Waals surface area contributed by atoms with E-state index in [0.717, 1.165) is 13.1 Å². The Kier molecular flexibility index (Phi) is 5.53. The average molecular weight is 254 g/mol. The maximum absolute atomic E-state index is 3.46. The molecule has 0 spiro atoms. The van der Waals surface area contributed by atoms with Gasteiger partial charge in [-0.2, -0.15) is 0 Å². The van der Waals surface area contributed by atoms with Crippen LogP contribution in [-0.2, 0) is 13.1 Å². The van der Waals surface area contributed by atoms with Crippen molar-refractivity contribution in [1.82, 2.24) is 5.32 Å². The van der Waals surface area contributed by atoms with Crippen LogP contribution in [0.4, 0.5) is 0 Å². The second kappa shape index (κ2) is 6.69. The normalized spacial score (nSPS) is 9.81. The van der Waals surface area contributed by atoms with Gasteiger partial charge in [0.25, 0.3) is 0 Å². The monoisotopic (exact) mass is 253 g/mol. The quantitative estimate of drug-likeness (QED) is 0.875. The molecule has 86 valence electrons. The minimum absolute atomic E-state index is 0. The molecule has 1 aromatic carbocycles. The Morgan fingerprint density at radius 1 is 1.06 bits per heavy atom. The summed E-state index contributed by atoms with van der Waals surface area (Å²) in [6, 6.07) is 12.8. The topological polar surface area (TPSA) is 12.0 Å². The summed E-state index contributed by atoms with van der Waals surface area (Å²) in [5.41, 5.74) is 2.74. The fourth-order valence-corrected chi connectivity index (χ4v) is 2.22. The van der Waals surface area contributed by atoms with Crippen molar-refractivity contribution >= 4 is 23.7 Å². The van der Waals surface area contributed by atoms with E-state index >= 15 is 0 Å². The number of rotatable bonds is 4. The molecule has 0 atom stereocenters. The van der Waals surface area contributed by atoms with Gasteiger partial charge in [0.2, 0.25) is 0 Å². The molecule has 1 N–H and O–H groups in total. The summed E-state index contributed by atoms with van der Waals surface area (Å²) in [6.45, 7) is 4.07. The largest absolute Gasteiger partial charge is 0.308 e. The van der Waals surface area contributed by atoms with Gasteiger partial charge in [0.1, 0.15) is 0 Å². The molecule has 2 rings (SSSR count). The van der Waals surface area contributed by atoms with Crippen molar-refractivity contribution in [2.45, 2.75) is 20.0 Å². The molecule has 0 unspecified atom stereocenters. The van der Waals surface area contributed by atoms with E-state index in [0.29, 0.717) is 0 Å². The minimum atomic E-state index is 0. The van der Waals surface area contributed by atoms with E-state index in [-0.39, 0.29) is 12.4 Å². The van der Waals surface area contributed by atoms with Crippen molar-refractivity contribution in [2.24, 2.45) is 0 Å². The summed E-state index contributed by atoms with van der Waals surface area (Å²) in [6.07, 6.45) is 0. The molecule has 2 aromatic rings. The Hall–Kier alpha value is -0.830. The van der Waals surface area contributed by atoms with Crippen LogP contribution in [0.2, 0.25) is 0 Å². The number of hydrogen-bond donors (Lipinski definition) is 1. The van der Waals surface area contributed by atoms with Gasteiger partial charge in [0, 0.05) is 18.0 Å². The van der Waals surface area contributed by atoms with Crippen LogP contribution in [-0.4, -0.2) is 0 Å². The van der Waals surface area contributed by atoms with Crippen molar-refractivity contribution in [1.29, 1.82) is 0 Å². The third-order valence-corrected chi connectivity index (χ3v) is 3.33. The van der Waals surface area contributed by atoms with Crippen LogP contribution in [0.3, 0.4) is 0 Å². The van der Waals surface area contributed by atoms with Crippen molar-refractivity contribution in [3.8, 4) is 0 Å². The average Bonchev–Trinajstić information content (AvgIpc) is 2.74. The summed E-state index contributed by atoms with van der Waals surface area (Å²) in [7, 11) is 0. The molecule has 0 bridgehead atoms. The summed E-state index contributed by atoms with van der Waals surface area (Å²) in [4.78, 5) is 1.39. The lowest BCUT2D eigenvalue weighted by Gasteiger charge is -2.06. The first kappa shape index (κ1) is 13.2. The number of hydrogen-bond acceptors (Lipinski definition) is 2. The Balaban J connectivity index is 0.00000128. The minimum Gasteiger partial charge on any atom is -0.308 e. The lowest BCUT2D eigenvalue weighted by Crippen LogP contribution is -2.12. The first-order valence-corrected chi connectivity index (χ1v) is 6.02. The molecular weight excluding hydrogens is 238 g/mol. The summed E-state index contributed by atoms with van der Waals surface area (Å²) >= 11 is 1.80. The van der Waals surface area contributed by atoms with Crippen molar-refractivity contribution < 1.29 is 0 Å². The van der Waals surface area contributed by atoms with E-state index in [2.05, 4.69) is 54.0 Å². The van der Waals surface area contributed by atoms with Crippen LogP contribution >= 0.6 is 23.7 Å². The Bertz CT molecular complexity index is 412. The van der Waals surface area contributed by atoms with Crippen LogP contribution in [0, 0.1) is 6.92 Å². The predicted octanol–water partition coefficient (Wildman–Crippen LogP) is 3.77. The molecule has 0 radical (unpaired) electrons. The standard InChI is InChI=1S/C13H15NS.ClH/c1-11-5-2-3-6-12(11)9-14-10-13-7-4-8-15-13;/h2-8,14H,9-10H2,1H3;1H. The van der Waals surface area contributed by atoms with Gasteiger partial charge in [-0.1, -0.05) is 30.3 Å². The van der Waals surface area contributed by atoms with E-state index in [9.17, 15) is 0 Å². The molecule has 1 heterocycles.